The normalized spacial score (nSPS) is 17.3. The molecule has 19 heavy (non-hydrogen) atoms. The number of fused-ring (bicyclic) bond motifs is 1. The topological polar surface area (TPSA) is 67.2 Å². The molecule has 0 aliphatic carbocycles. The van der Waals surface area contributed by atoms with Gasteiger partial charge in [-0.2, -0.15) is 5.10 Å². The molecular formula is C14H13N3O2. The molecule has 0 fully saturated rings. The molecule has 96 valence electrons. The number of anilines is 1. The summed E-state index contributed by atoms with van der Waals surface area (Å²) in [5.74, 6) is -0.282. The second-order valence-electron chi connectivity index (χ2n) is 4.53. The fourth-order valence-corrected chi connectivity index (χ4v) is 2.17. The van der Waals surface area contributed by atoms with Crippen LogP contribution in [0.3, 0.4) is 0 Å². The Hall–Kier alpha value is -2.56. The van der Waals surface area contributed by atoms with E-state index in [0.717, 1.165) is 5.56 Å². The van der Waals surface area contributed by atoms with Gasteiger partial charge in [0.2, 0.25) is 0 Å². The Morgan fingerprint density at radius 1 is 1.32 bits per heavy atom. The summed E-state index contributed by atoms with van der Waals surface area (Å²) in [6, 6.07) is 9.57. The van der Waals surface area contributed by atoms with E-state index in [1.165, 1.54) is 5.56 Å². The molecule has 1 aliphatic rings. The second-order valence-corrected chi connectivity index (χ2v) is 4.53. The molecule has 2 N–H and O–H groups in total. The van der Waals surface area contributed by atoms with Crippen molar-refractivity contribution in [2.24, 2.45) is 0 Å². The molecule has 3 rings (SSSR count). The second kappa shape index (κ2) is 4.28. The summed E-state index contributed by atoms with van der Waals surface area (Å²) >= 11 is 0. The molecule has 5 heteroatoms. The molecule has 2 heterocycles. The van der Waals surface area contributed by atoms with E-state index >= 15 is 0 Å². The largest absolute Gasteiger partial charge is 0.477 e. The predicted molar refractivity (Wildman–Crippen MR) is 70.9 cm³/mol. The summed E-state index contributed by atoms with van der Waals surface area (Å²) in [5, 5.41) is 16.2. The number of carbonyl (C=O) groups is 1. The van der Waals surface area contributed by atoms with Crippen LogP contribution in [0.15, 0.2) is 48.3 Å². The molecule has 2 aromatic rings. The van der Waals surface area contributed by atoms with E-state index in [1.807, 2.05) is 31.2 Å². The number of carboxylic acids is 1. The Morgan fingerprint density at radius 2 is 2.05 bits per heavy atom. The average molecular weight is 255 g/mol. The van der Waals surface area contributed by atoms with Gasteiger partial charge in [-0.3, -0.25) is 0 Å². The first-order valence-corrected chi connectivity index (χ1v) is 5.97. The van der Waals surface area contributed by atoms with Gasteiger partial charge in [0.15, 0.2) is 0 Å². The van der Waals surface area contributed by atoms with Crippen molar-refractivity contribution in [1.82, 2.24) is 9.78 Å². The van der Waals surface area contributed by atoms with Crippen LogP contribution in [0.4, 0.5) is 5.82 Å². The molecule has 1 aromatic carbocycles. The Morgan fingerprint density at radius 3 is 2.74 bits per heavy atom. The van der Waals surface area contributed by atoms with E-state index in [4.69, 9.17) is 5.11 Å². The van der Waals surface area contributed by atoms with E-state index < -0.39 is 5.97 Å². The zero-order valence-corrected chi connectivity index (χ0v) is 10.4. The van der Waals surface area contributed by atoms with E-state index in [2.05, 4.69) is 10.4 Å². The third-order valence-corrected chi connectivity index (χ3v) is 3.17. The molecule has 1 aliphatic heterocycles. The van der Waals surface area contributed by atoms with Gasteiger partial charge < -0.3 is 10.4 Å². The Labute approximate surface area is 110 Å². The van der Waals surface area contributed by atoms with Gasteiger partial charge in [0.25, 0.3) is 0 Å². The molecule has 1 atom stereocenters. The zero-order valence-electron chi connectivity index (χ0n) is 10.4. The van der Waals surface area contributed by atoms with Crippen molar-refractivity contribution in [3.63, 3.8) is 0 Å². The number of benzene rings is 1. The number of aliphatic carboxylic acids is 1. The number of nitrogens with one attached hydrogen (secondary N) is 1. The van der Waals surface area contributed by atoms with Crippen LogP contribution in [0.25, 0.3) is 0 Å². The summed E-state index contributed by atoms with van der Waals surface area (Å²) in [6.45, 7) is 2.02. The third-order valence-electron chi connectivity index (χ3n) is 3.17. The van der Waals surface area contributed by atoms with Gasteiger partial charge in [0, 0.05) is 6.07 Å². The monoisotopic (exact) mass is 255 g/mol. The minimum atomic E-state index is -0.968. The van der Waals surface area contributed by atoms with Gasteiger partial charge in [-0.1, -0.05) is 29.8 Å². The number of aryl methyl sites for hydroxylation is 1. The standard InChI is InChI=1S/C14H13N3O2/c1-9-2-4-10(5-3-9)12-8-11(14(18)19)16-13-6-7-15-17(12)13/h2-8,12,16H,1H3,(H,18,19). The molecule has 0 spiro atoms. The van der Waals surface area contributed by atoms with E-state index in [1.54, 1.807) is 23.0 Å². The van der Waals surface area contributed by atoms with Crippen molar-refractivity contribution in [3.8, 4) is 0 Å². The van der Waals surface area contributed by atoms with Crippen molar-refractivity contribution in [1.29, 1.82) is 0 Å². The summed E-state index contributed by atoms with van der Waals surface area (Å²) in [4.78, 5) is 11.2. The highest BCUT2D eigenvalue weighted by atomic mass is 16.4. The summed E-state index contributed by atoms with van der Waals surface area (Å²) in [7, 11) is 0. The van der Waals surface area contributed by atoms with Gasteiger partial charge in [0.05, 0.1) is 12.2 Å². The number of rotatable bonds is 2. The molecule has 0 saturated heterocycles. The van der Waals surface area contributed by atoms with Gasteiger partial charge in [0.1, 0.15) is 11.5 Å². The van der Waals surface area contributed by atoms with Crippen LogP contribution in [-0.4, -0.2) is 20.9 Å². The van der Waals surface area contributed by atoms with Crippen molar-refractivity contribution in [2.45, 2.75) is 13.0 Å². The molecule has 0 radical (unpaired) electrons. The third kappa shape index (κ3) is 1.99. The number of hydrogen-bond acceptors (Lipinski definition) is 3. The van der Waals surface area contributed by atoms with Crippen molar-refractivity contribution < 1.29 is 9.90 Å². The fourth-order valence-electron chi connectivity index (χ4n) is 2.17. The molecule has 1 unspecified atom stereocenters. The van der Waals surface area contributed by atoms with Crippen LogP contribution in [0.5, 0.6) is 0 Å². The maximum absolute atomic E-state index is 11.2. The number of allylic oxidation sites excluding steroid dienone is 1. The molecular weight excluding hydrogens is 242 g/mol. The average Bonchev–Trinajstić information content (AvgIpc) is 2.86. The first-order chi connectivity index (χ1) is 9.15. The van der Waals surface area contributed by atoms with Gasteiger partial charge >= 0.3 is 5.97 Å². The van der Waals surface area contributed by atoms with E-state index in [0.29, 0.717) is 5.82 Å². The lowest BCUT2D eigenvalue weighted by molar-refractivity contribution is -0.132. The van der Waals surface area contributed by atoms with Gasteiger partial charge in [-0.25, -0.2) is 9.48 Å². The number of aromatic nitrogens is 2. The van der Waals surface area contributed by atoms with Crippen molar-refractivity contribution in [2.75, 3.05) is 5.32 Å². The van der Waals surface area contributed by atoms with E-state index in [9.17, 15) is 4.79 Å². The van der Waals surface area contributed by atoms with Crippen LogP contribution in [-0.2, 0) is 4.79 Å². The van der Waals surface area contributed by atoms with Gasteiger partial charge in [-0.15, -0.1) is 0 Å². The maximum atomic E-state index is 11.2. The minimum absolute atomic E-state index is 0.179. The predicted octanol–water partition coefficient (Wildman–Crippen LogP) is 2.17. The summed E-state index contributed by atoms with van der Waals surface area (Å²) in [6.07, 6.45) is 3.33. The Kier molecular flexibility index (Phi) is 2.59. The molecule has 5 nitrogen and oxygen atoms in total. The van der Waals surface area contributed by atoms with Crippen LogP contribution in [0, 0.1) is 6.92 Å². The van der Waals surface area contributed by atoms with Crippen LogP contribution >= 0.6 is 0 Å². The summed E-state index contributed by atoms with van der Waals surface area (Å²) in [5.41, 5.74) is 2.36. The zero-order chi connectivity index (χ0) is 13.4. The van der Waals surface area contributed by atoms with Crippen LogP contribution in [0.2, 0.25) is 0 Å². The number of hydrogen-bond donors (Lipinski definition) is 2. The lowest BCUT2D eigenvalue weighted by Crippen LogP contribution is -2.23. The first-order valence-electron chi connectivity index (χ1n) is 5.97. The Bertz CT molecular complexity index is 656. The molecule has 1 aromatic heterocycles. The van der Waals surface area contributed by atoms with Crippen LogP contribution in [0.1, 0.15) is 17.2 Å². The highest BCUT2D eigenvalue weighted by Crippen LogP contribution is 2.29. The Balaban J connectivity index is 2.09. The number of nitrogens with zero attached hydrogens (tertiary/aromatic N) is 2. The highest BCUT2D eigenvalue weighted by molar-refractivity contribution is 5.90. The maximum Gasteiger partial charge on any atom is 0.352 e. The lowest BCUT2D eigenvalue weighted by atomic mass is 10.0. The minimum Gasteiger partial charge on any atom is -0.477 e. The molecule has 0 saturated carbocycles. The van der Waals surface area contributed by atoms with Crippen LogP contribution < -0.4 is 5.32 Å². The number of carboxylic acid groups (broad SMARTS) is 1. The lowest BCUT2D eigenvalue weighted by Gasteiger charge is -2.23. The van der Waals surface area contributed by atoms with Gasteiger partial charge in [-0.05, 0) is 18.6 Å². The van der Waals surface area contributed by atoms with Crippen molar-refractivity contribution in [3.05, 3.63) is 59.4 Å². The quantitative estimate of drug-likeness (QED) is 0.863. The van der Waals surface area contributed by atoms with E-state index in [-0.39, 0.29) is 11.7 Å². The fraction of sp³-hybridized carbons (Fsp3) is 0.143. The molecule has 0 bridgehead atoms. The first kappa shape index (κ1) is 11.5. The summed E-state index contributed by atoms with van der Waals surface area (Å²) < 4.78 is 1.77. The SMILES string of the molecule is Cc1ccc(C2C=C(C(=O)O)Nc3ccnn32)cc1. The van der Waals surface area contributed by atoms with Crippen molar-refractivity contribution >= 4 is 11.8 Å². The smallest absolute Gasteiger partial charge is 0.352 e. The highest BCUT2D eigenvalue weighted by Gasteiger charge is 2.24. The molecule has 0 amide bonds.